The first-order chi connectivity index (χ1) is 10.5. The van der Waals surface area contributed by atoms with Crippen molar-refractivity contribution >= 4 is 0 Å². The molecule has 2 atom stereocenters. The summed E-state index contributed by atoms with van der Waals surface area (Å²) in [7, 11) is 0. The fraction of sp³-hybridized carbons (Fsp3) is 0.368. The van der Waals surface area contributed by atoms with Gasteiger partial charge in [0.25, 0.3) is 0 Å². The van der Waals surface area contributed by atoms with Gasteiger partial charge in [-0.3, -0.25) is 0 Å². The summed E-state index contributed by atoms with van der Waals surface area (Å²) >= 11 is 0. The van der Waals surface area contributed by atoms with Gasteiger partial charge in [0.1, 0.15) is 5.75 Å². The highest BCUT2D eigenvalue weighted by atomic mass is 19.2. The molecule has 2 unspecified atom stereocenters. The Morgan fingerprint density at radius 2 is 1.64 bits per heavy atom. The second-order valence-electron chi connectivity index (χ2n) is 5.76. The lowest BCUT2D eigenvalue weighted by atomic mass is 9.93. The van der Waals surface area contributed by atoms with Gasteiger partial charge in [0.2, 0.25) is 0 Å². The smallest absolute Gasteiger partial charge is 0.159 e. The molecule has 0 fully saturated rings. The third-order valence-electron chi connectivity index (χ3n) is 3.89. The van der Waals surface area contributed by atoms with Crippen molar-refractivity contribution in [1.82, 2.24) is 0 Å². The lowest BCUT2D eigenvalue weighted by Crippen LogP contribution is -2.09. The van der Waals surface area contributed by atoms with Crippen molar-refractivity contribution in [1.29, 1.82) is 0 Å². The standard InChI is InChI=1S/C19H22F2O/c1-4-14(3)22-17-8-5-15(6-9-17)11-13(2)16-7-10-18(20)19(21)12-16/h5-10,12-14H,4,11H2,1-3H3. The van der Waals surface area contributed by atoms with E-state index in [9.17, 15) is 8.78 Å². The maximum atomic E-state index is 13.3. The molecule has 0 saturated carbocycles. The van der Waals surface area contributed by atoms with Gasteiger partial charge in [-0.1, -0.05) is 32.0 Å². The highest BCUT2D eigenvalue weighted by Gasteiger charge is 2.10. The van der Waals surface area contributed by atoms with Gasteiger partial charge >= 0.3 is 0 Å². The molecule has 0 N–H and O–H groups in total. The second-order valence-corrected chi connectivity index (χ2v) is 5.76. The number of hydrogen-bond acceptors (Lipinski definition) is 1. The van der Waals surface area contributed by atoms with Crippen molar-refractivity contribution in [2.75, 3.05) is 0 Å². The number of benzene rings is 2. The summed E-state index contributed by atoms with van der Waals surface area (Å²) < 4.78 is 32.0. The summed E-state index contributed by atoms with van der Waals surface area (Å²) in [5.74, 6) is -0.612. The highest BCUT2D eigenvalue weighted by molar-refractivity contribution is 5.30. The molecule has 0 radical (unpaired) electrons. The Kier molecular flexibility index (Phi) is 5.53. The first-order valence-corrected chi connectivity index (χ1v) is 7.70. The Balaban J connectivity index is 2.02. The first kappa shape index (κ1) is 16.5. The van der Waals surface area contributed by atoms with Crippen LogP contribution in [0.25, 0.3) is 0 Å². The van der Waals surface area contributed by atoms with Crippen LogP contribution in [0.1, 0.15) is 44.2 Å². The summed E-state index contributed by atoms with van der Waals surface area (Å²) in [6.45, 7) is 6.14. The summed E-state index contributed by atoms with van der Waals surface area (Å²) in [6.07, 6.45) is 1.94. The van der Waals surface area contributed by atoms with Crippen molar-refractivity contribution in [2.45, 2.75) is 45.6 Å². The molecule has 2 aromatic rings. The Morgan fingerprint density at radius 3 is 2.23 bits per heavy atom. The van der Waals surface area contributed by atoms with E-state index >= 15 is 0 Å². The molecular weight excluding hydrogens is 282 g/mol. The van der Waals surface area contributed by atoms with Crippen molar-refractivity contribution in [3.63, 3.8) is 0 Å². The Hall–Kier alpha value is -1.90. The van der Waals surface area contributed by atoms with Crippen LogP contribution in [0.5, 0.6) is 5.75 Å². The fourth-order valence-electron chi connectivity index (χ4n) is 2.31. The number of rotatable bonds is 6. The maximum Gasteiger partial charge on any atom is 0.159 e. The quantitative estimate of drug-likeness (QED) is 0.686. The largest absolute Gasteiger partial charge is 0.491 e. The molecule has 22 heavy (non-hydrogen) atoms. The third kappa shape index (κ3) is 4.30. The van der Waals surface area contributed by atoms with Crippen molar-refractivity contribution in [2.24, 2.45) is 0 Å². The van der Waals surface area contributed by atoms with Gasteiger partial charge < -0.3 is 4.74 Å². The monoisotopic (exact) mass is 304 g/mol. The number of hydrogen-bond donors (Lipinski definition) is 0. The minimum atomic E-state index is -0.803. The van der Waals surface area contributed by atoms with Crippen LogP contribution in [0.4, 0.5) is 8.78 Å². The highest BCUT2D eigenvalue weighted by Crippen LogP contribution is 2.23. The molecular formula is C19H22F2O. The average Bonchev–Trinajstić information content (AvgIpc) is 2.51. The molecule has 2 rings (SSSR count). The molecule has 118 valence electrons. The molecule has 0 spiro atoms. The van der Waals surface area contributed by atoms with Gasteiger partial charge in [-0.15, -0.1) is 0 Å². The van der Waals surface area contributed by atoms with Crippen molar-refractivity contribution in [3.05, 3.63) is 65.2 Å². The first-order valence-electron chi connectivity index (χ1n) is 7.70. The predicted octanol–water partition coefficient (Wildman–Crippen LogP) is 5.49. The zero-order valence-electron chi connectivity index (χ0n) is 13.3. The van der Waals surface area contributed by atoms with E-state index in [0.717, 1.165) is 29.7 Å². The molecule has 0 aliphatic carbocycles. The fourth-order valence-corrected chi connectivity index (χ4v) is 2.31. The SMILES string of the molecule is CCC(C)Oc1ccc(CC(C)c2ccc(F)c(F)c2)cc1. The van der Waals surface area contributed by atoms with E-state index in [4.69, 9.17) is 4.74 Å². The number of ether oxygens (including phenoxy) is 1. The van der Waals surface area contributed by atoms with E-state index in [0.29, 0.717) is 0 Å². The summed E-state index contributed by atoms with van der Waals surface area (Å²) in [5.41, 5.74) is 1.95. The van der Waals surface area contributed by atoms with E-state index in [-0.39, 0.29) is 12.0 Å². The van der Waals surface area contributed by atoms with E-state index in [1.807, 2.05) is 38.1 Å². The lowest BCUT2D eigenvalue weighted by molar-refractivity contribution is 0.217. The van der Waals surface area contributed by atoms with Crippen molar-refractivity contribution in [3.8, 4) is 5.75 Å². The Labute approximate surface area is 130 Å². The topological polar surface area (TPSA) is 9.23 Å². The average molecular weight is 304 g/mol. The molecule has 0 aliphatic rings. The maximum absolute atomic E-state index is 13.3. The van der Waals surface area contributed by atoms with Crippen LogP contribution in [0, 0.1) is 11.6 Å². The Morgan fingerprint density at radius 1 is 0.955 bits per heavy atom. The van der Waals surface area contributed by atoms with Crippen LogP contribution >= 0.6 is 0 Å². The van der Waals surface area contributed by atoms with Gasteiger partial charge in [-0.25, -0.2) is 8.78 Å². The van der Waals surface area contributed by atoms with Gasteiger partial charge in [-0.2, -0.15) is 0 Å². The molecule has 0 heterocycles. The van der Waals surface area contributed by atoms with E-state index in [1.165, 1.54) is 12.1 Å². The molecule has 0 bridgehead atoms. The minimum absolute atomic E-state index is 0.122. The van der Waals surface area contributed by atoms with E-state index < -0.39 is 11.6 Å². The van der Waals surface area contributed by atoms with E-state index in [2.05, 4.69) is 6.92 Å². The van der Waals surface area contributed by atoms with E-state index in [1.54, 1.807) is 6.07 Å². The van der Waals surface area contributed by atoms with Gasteiger partial charge in [-0.05, 0) is 61.1 Å². The molecule has 2 aromatic carbocycles. The zero-order valence-corrected chi connectivity index (χ0v) is 13.3. The molecule has 0 aromatic heterocycles. The van der Waals surface area contributed by atoms with Gasteiger partial charge in [0.15, 0.2) is 11.6 Å². The van der Waals surface area contributed by atoms with Gasteiger partial charge in [0, 0.05) is 0 Å². The third-order valence-corrected chi connectivity index (χ3v) is 3.89. The molecule has 0 amide bonds. The minimum Gasteiger partial charge on any atom is -0.491 e. The normalized spacial score (nSPS) is 13.7. The Bertz CT molecular complexity index is 607. The van der Waals surface area contributed by atoms with Crippen LogP contribution < -0.4 is 4.74 Å². The molecule has 0 aliphatic heterocycles. The van der Waals surface area contributed by atoms with Crippen LogP contribution in [0.3, 0.4) is 0 Å². The van der Waals surface area contributed by atoms with Crippen LogP contribution in [0.2, 0.25) is 0 Å². The van der Waals surface area contributed by atoms with Crippen LogP contribution in [-0.4, -0.2) is 6.10 Å². The second kappa shape index (κ2) is 7.39. The molecule has 0 saturated heterocycles. The zero-order chi connectivity index (χ0) is 16.1. The molecule has 3 heteroatoms. The number of halogens is 2. The summed E-state index contributed by atoms with van der Waals surface area (Å²) in [4.78, 5) is 0. The predicted molar refractivity (Wildman–Crippen MR) is 85.3 cm³/mol. The summed E-state index contributed by atoms with van der Waals surface area (Å²) in [6, 6.07) is 12.1. The molecule has 1 nitrogen and oxygen atoms in total. The van der Waals surface area contributed by atoms with Gasteiger partial charge in [0.05, 0.1) is 6.10 Å². The van der Waals surface area contributed by atoms with Crippen molar-refractivity contribution < 1.29 is 13.5 Å². The summed E-state index contributed by atoms with van der Waals surface area (Å²) in [5, 5.41) is 0. The van der Waals surface area contributed by atoms with Crippen LogP contribution in [-0.2, 0) is 6.42 Å². The van der Waals surface area contributed by atoms with Crippen LogP contribution in [0.15, 0.2) is 42.5 Å². The lowest BCUT2D eigenvalue weighted by Gasteiger charge is -2.15.